The monoisotopic (exact) mass is 434 g/mol. The molecule has 3 aromatic rings. The maximum absolute atomic E-state index is 6.10. The lowest BCUT2D eigenvalue weighted by Gasteiger charge is -2.11. The maximum atomic E-state index is 6.10. The van der Waals surface area contributed by atoms with Gasteiger partial charge in [-0.25, -0.2) is 9.67 Å². The maximum Gasteiger partial charge on any atom is 0.163 e. The van der Waals surface area contributed by atoms with Gasteiger partial charge in [0.05, 0.1) is 17.3 Å². The van der Waals surface area contributed by atoms with E-state index < -0.39 is 0 Å². The van der Waals surface area contributed by atoms with Gasteiger partial charge in [-0.3, -0.25) is 4.57 Å². The molecule has 21 heavy (non-hydrogen) atoms. The van der Waals surface area contributed by atoms with E-state index >= 15 is 0 Å². The van der Waals surface area contributed by atoms with E-state index in [9.17, 15) is 0 Å². The zero-order valence-electron chi connectivity index (χ0n) is 11.6. The molecule has 2 heterocycles. The Hall–Kier alpha value is -0.790. The molecule has 0 spiro atoms. The van der Waals surface area contributed by atoms with E-state index in [1.54, 1.807) is 0 Å². The van der Waals surface area contributed by atoms with Crippen LogP contribution in [0.1, 0.15) is 18.4 Å². The Bertz CT molecular complexity index is 822. The Morgan fingerprint density at radius 3 is 2.71 bits per heavy atom. The number of nitrogens with zero attached hydrogens (tertiary/aromatic N) is 4. The molecule has 1 aromatic carbocycles. The van der Waals surface area contributed by atoms with E-state index in [0.717, 1.165) is 38.5 Å². The third-order valence-corrected chi connectivity index (χ3v) is 4.69. The number of fused-ring (bicyclic) bond motifs is 1. The third-order valence-electron chi connectivity index (χ3n) is 3.35. The van der Waals surface area contributed by atoms with E-state index in [4.69, 9.17) is 23.2 Å². The van der Waals surface area contributed by atoms with Gasteiger partial charge in [0, 0.05) is 15.1 Å². The number of aryl methyl sites for hydroxylation is 2. The fourth-order valence-electron chi connectivity index (χ4n) is 2.44. The summed E-state index contributed by atoms with van der Waals surface area (Å²) in [6.07, 6.45) is 0. The molecule has 0 aliphatic heterocycles. The van der Waals surface area contributed by atoms with Crippen LogP contribution in [-0.4, -0.2) is 19.3 Å². The minimum absolute atomic E-state index is 0.344. The van der Waals surface area contributed by atoms with Crippen LogP contribution in [0.4, 0.5) is 0 Å². The molecule has 0 fully saturated rings. The Balaban J connectivity index is 2.39. The quantitative estimate of drug-likeness (QED) is 0.447. The van der Waals surface area contributed by atoms with Crippen LogP contribution >= 0.6 is 45.8 Å². The molecule has 0 bridgehead atoms. The van der Waals surface area contributed by atoms with Crippen molar-refractivity contribution in [2.45, 2.75) is 26.3 Å². The summed E-state index contributed by atoms with van der Waals surface area (Å²) < 4.78 is 5.08. The minimum Gasteiger partial charge on any atom is -0.279 e. The number of imidazole rings is 1. The van der Waals surface area contributed by atoms with Gasteiger partial charge in [0.2, 0.25) is 0 Å². The zero-order chi connectivity index (χ0) is 15.1. The standard InChI is InChI=1S/C14H13Cl2IN4/c1-3-20-14-13(8(2)19-20)18-12(7-15)21(14)11-5-4-9(16)6-10(11)17/h4-6H,3,7H2,1-2H3. The molecule has 0 N–H and O–H groups in total. The molecule has 0 saturated heterocycles. The smallest absolute Gasteiger partial charge is 0.163 e. The summed E-state index contributed by atoms with van der Waals surface area (Å²) in [7, 11) is 0. The van der Waals surface area contributed by atoms with Gasteiger partial charge in [-0.1, -0.05) is 11.6 Å². The summed E-state index contributed by atoms with van der Waals surface area (Å²) in [5.74, 6) is 1.16. The SMILES string of the molecule is CCn1nc(C)c2nc(CCl)n(-c3ccc(Cl)cc3I)c21. The van der Waals surface area contributed by atoms with E-state index in [2.05, 4.69) is 44.2 Å². The van der Waals surface area contributed by atoms with Crippen LogP contribution in [0.5, 0.6) is 0 Å². The van der Waals surface area contributed by atoms with Crippen molar-refractivity contribution in [2.75, 3.05) is 0 Å². The molecular weight excluding hydrogens is 422 g/mol. The molecule has 110 valence electrons. The van der Waals surface area contributed by atoms with E-state index in [1.165, 1.54) is 0 Å². The molecule has 7 heteroatoms. The van der Waals surface area contributed by atoms with Gasteiger partial charge < -0.3 is 0 Å². The van der Waals surface area contributed by atoms with Crippen molar-refractivity contribution in [1.29, 1.82) is 0 Å². The second kappa shape index (κ2) is 5.78. The van der Waals surface area contributed by atoms with Gasteiger partial charge >= 0.3 is 0 Å². The van der Waals surface area contributed by atoms with Crippen LogP contribution in [0.3, 0.4) is 0 Å². The van der Waals surface area contributed by atoms with Crippen molar-refractivity contribution in [3.63, 3.8) is 0 Å². The molecule has 0 amide bonds. The van der Waals surface area contributed by atoms with Crippen LogP contribution in [-0.2, 0) is 12.4 Å². The summed E-state index contributed by atoms with van der Waals surface area (Å²) in [6, 6.07) is 5.80. The topological polar surface area (TPSA) is 35.6 Å². The van der Waals surface area contributed by atoms with Crippen molar-refractivity contribution in [1.82, 2.24) is 19.3 Å². The van der Waals surface area contributed by atoms with Gasteiger partial charge in [-0.15, -0.1) is 11.6 Å². The van der Waals surface area contributed by atoms with Crippen molar-refractivity contribution in [3.8, 4) is 5.69 Å². The summed E-state index contributed by atoms with van der Waals surface area (Å²) in [4.78, 5) is 4.65. The van der Waals surface area contributed by atoms with Crippen LogP contribution in [0, 0.1) is 10.5 Å². The first-order valence-electron chi connectivity index (χ1n) is 6.53. The highest BCUT2D eigenvalue weighted by Gasteiger charge is 2.20. The molecule has 3 rings (SSSR count). The number of halogens is 3. The van der Waals surface area contributed by atoms with E-state index in [-0.39, 0.29) is 0 Å². The first kappa shape index (κ1) is 15.1. The van der Waals surface area contributed by atoms with Gasteiger partial charge in [0.25, 0.3) is 0 Å². The third kappa shape index (κ3) is 2.45. The van der Waals surface area contributed by atoms with Crippen molar-refractivity contribution in [3.05, 3.63) is 38.3 Å². The molecule has 4 nitrogen and oxygen atoms in total. The number of rotatable bonds is 3. The Morgan fingerprint density at radius 1 is 1.33 bits per heavy atom. The number of hydrogen-bond acceptors (Lipinski definition) is 2. The number of benzene rings is 1. The zero-order valence-corrected chi connectivity index (χ0v) is 15.2. The normalized spacial score (nSPS) is 11.5. The first-order chi connectivity index (χ1) is 10.1. The fourth-order valence-corrected chi connectivity index (χ4v) is 3.73. The summed E-state index contributed by atoms with van der Waals surface area (Å²) in [6.45, 7) is 4.81. The molecule has 2 aromatic heterocycles. The van der Waals surface area contributed by atoms with Crippen molar-refractivity contribution >= 4 is 57.0 Å². The average Bonchev–Trinajstić information content (AvgIpc) is 2.97. The van der Waals surface area contributed by atoms with Gasteiger partial charge in [0.15, 0.2) is 5.65 Å². The predicted molar refractivity (Wildman–Crippen MR) is 94.6 cm³/mol. The number of hydrogen-bond donors (Lipinski definition) is 0. The van der Waals surface area contributed by atoms with Gasteiger partial charge in [-0.2, -0.15) is 5.10 Å². The summed E-state index contributed by atoms with van der Waals surface area (Å²) in [5, 5.41) is 5.25. The molecule has 0 atom stereocenters. The summed E-state index contributed by atoms with van der Waals surface area (Å²) in [5.41, 5.74) is 3.82. The van der Waals surface area contributed by atoms with Gasteiger partial charge in [-0.05, 0) is 54.6 Å². The van der Waals surface area contributed by atoms with Crippen molar-refractivity contribution < 1.29 is 0 Å². The second-order valence-electron chi connectivity index (χ2n) is 4.67. The van der Waals surface area contributed by atoms with Gasteiger partial charge in [0.1, 0.15) is 11.3 Å². The molecular formula is C14H13Cl2IN4. The van der Waals surface area contributed by atoms with Crippen LogP contribution < -0.4 is 0 Å². The van der Waals surface area contributed by atoms with Crippen LogP contribution in [0.2, 0.25) is 5.02 Å². The largest absolute Gasteiger partial charge is 0.279 e. The predicted octanol–water partition coefficient (Wildman–Crippen LogP) is 4.55. The molecule has 0 unspecified atom stereocenters. The number of aromatic nitrogens is 4. The highest BCUT2D eigenvalue weighted by molar-refractivity contribution is 14.1. The molecule has 0 aliphatic rings. The Labute approximate surface area is 146 Å². The highest BCUT2D eigenvalue weighted by Crippen LogP contribution is 2.29. The molecule has 0 saturated carbocycles. The highest BCUT2D eigenvalue weighted by atomic mass is 127. The van der Waals surface area contributed by atoms with Crippen LogP contribution in [0.25, 0.3) is 16.9 Å². The Morgan fingerprint density at radius 2 is 2.10 bits per heavy atom. The molecule has 0 radical (unpaired) electrons. The summed E-state index contributed by atoms with van der Waals surface area (Å²) >= 11 is 14.4. The molecule has 0 aliphatic carbocycles. The second-order valence-corrected chi connectivity index (χ2v) is 6.53. The van der Waals surface area contributed by atoms with E-state index in [0.29, 0.717) is 10.9 Å². The lowest BCUT2D eigenvalue weighted by atomic mass is 10.3. The first-order valence-corrected chi connectivity index (χ1v) is 8.52. The lowest BCUT2D eigenvalue weighted by molar-refractivity contribution is 0.660. The lowest BCUT2D eigenvalue weighted by Crippen LogP contribution is -2.07. The Kier molecular flexibility index (Phi) is 4.16. The number of alkyl halides is 1. The van der Waals surface area contributed by atoms with Crippen molar-refractivity contribution in [2.24, 2.45) is 0 Å². The van der Waals surface area contributed by atoms with E-state index in [1.807, 2.05) is 29.8 Å². The fraction of sp³-hybridized carbons (Fsp3) is 0.286. The minimum atomic E-state index is 0.344. The van der Waals surface area contributed by atoms with Crippen LogP contribution in [0.15, 0.2) is 18.2 Å². The average molecular weight is 435 g/mol.